The van der Waals surface area contributed by atoms with Crippen LogP contribution in [0.2, 0.25) is 0 Å². The van der Waals surface area contributed by atoms with Crippen LogP contribution in [0.4, 0.5) is 5.69 Å². The third kappa shape index (κ3) is 4.57. The van der Waals surface area contributed by atoms with E-state index in [1.807, 2.05) is 10.6 Å². The number of aryl methyl sites for hydroxylation is 1. The minimum Gasteiger partial charge on any atom is -0.309 e. The number of rotatable bonds is 10. The number of hydrogen-bond acceptors (Lipinski definition) is 6. The zero-order valence-corrected chi connectivity index (χ0v) is 17.9. The lowest BCUT2D eigenvalue weighted by Gasteiger charge is -2.18. The molecular weight excluding hydrogens is 396 g/mol. The molecule has 0 aliphatic carbocycles. The van der Waals surface area contributed by atoms with E-state index in [0.29, 0.717) is 24.2 Å². The van der Waals surface area contributed by atoms with E-state index in [9.17, 15) is 13.2 Å². The molecule has 152 valence electrons. The molecule has 7 nitrogen and oxygen atoms in total. The average Bonchev–Trinajstić information content (AvgIpc) is 3.32. The molecule has 9 heteroatoms. The lowest BCUT2D eigenvalue weighted by Crippen LogP contribution is -2.30. The van der Waals surface area contributed by atoms with Gasteiger partial charge in [-0.05, 0) is 43.5 Å². The number of fused-ring (bicyclic) bond motifs is 1. The second-order valence-electron chi connectivity index (χ2n) is 6.79. The molecule has 1 aliphatic heterocycles. The van der Waals surface area contributed by atoms with E-state index in [0.717, 1.165) is 36.5 Å². The summed E-state index contributed by atoms with van der Waals surface area (Å²) in [6.07, 6.45) is 5.72. The summed E-state index contributed by atoms with van der Waals surface area (Å²) in [6, 6.07) is 5.30. The van der Waals surface area contributed by atoms with Crippen molar-refractivity contribution in [2.45, 2.75) is 51.2 Å². The van der Waals surface area contributed by atoms with Crippen LogP contribution >= 0.6 is 11.8 Å². The predicted octanol–water partition coefficient (Wildman–Crippen LogP) is 3.16. The van der Waals surface area contributed by atoms with Gasteiger partial charge in [-0.3, -0.25) is 9.10 Å². The molecule has 1 aliphatic rings. The van der Waals surface area contributed by atoms with Crippen LogP contribution in [-0.2, 0) is 23.0 Å². The number of sulfonamides is 1. The van der Waals surface area contributed by atoms with Gasteiger partial charge in [0.25, 0.3) is 0 Å². The topological polar surface area (TPSA) is 85.2 Å². The van der Waals surface area contributed by atoms with Crippen molar-refractivity contribution in [3.8, 4) is 0 Å². The van der Waals surface area contributed by atoms with Crippen molar-refractivity contribution in [2.24, 2.45) is 0 Å². The fourth-order valence-electron chi connectivity index (χ4n) is 3.24. The van der Waals surface area contributed by atoms with Crippen LogP contribution in [0, 0.1) is 0 Å². The van der Waals surface area contributed by atoms with Crippen LogP contribution in [0.25, 0.3) is 0 Å². The molecule has 1 aromatic heterocycles. The number of nitrogens with zero attached hydrogens (tertiary/aromatic N) is 4. The van der Waals surface area contributed by atoms with Crippen LogP contribution in [0.3, 0.4) is 0 Å². The number of benzene rings is 1. The van der Waals surface area contributed by atoms with E-state index in [2.05, 4.69) is 17.1 Å². The highest BCUT2D eigenvalue weighted by Gasteiger charge is 2.28. The highest BCUT2D eigenvalue weighted by molar-refractivity contribution is 7.99. The molecule has 0 atom stereocenters. The summed E-state index contributed by atoms with van der Waals surface area (Å²) in [5, 5.41) is 8.83. The Kier molecular flexibility index (Phi) is 6.77. The predicted molar refractivity (Wildman–Crippen MR) is 112 cm³/mol. The van der Waals surface area contributed by atoms with Gasteiger partial charge in [-0.2, -0.15) is 0 Å². The number of Topliss-reactive ketones (excluding diaryl/α,β-unsaturated/α-hetero) is 1. The summed E-state index contributed by atoms with van der Waals surface area (Å²) in [5.74, 6) is 0.359. The standard InChI is InChI=1S/C19H26N4O3S2/c1-3-5-6-10-22-14-20-21-19(22)27-13-18(24)16-7-8-17-15(12-16)9-11-23(17)28(25,26)4-2/h7-8,12,14H,3-6,9-11,13H2,1-2H3. The number of carbonyl (C=O) groups excluding carboxylic acids is 1. The van der Waals surface area contributed by atoms with E-state index in [-0.39, 0.29) is 17.3 Å². The summed E-state index contributed by atoms with van der Waals surface area (Å²) in [5.41, 5.74) is 2.22. The summed E-state index contributed by atoms with van der Waals surface area (Å²) in [7, 11) is -3.27. The molecule has 0 saturated heterocycles. The fourth-order valence-corrected chi connectivity index (χ4v) is 5.24. The summed E-state index contributed by atoms with van der Waals surface area (Å²) >= 11 is 1.39. The van der Waals surface area contributed by atoms with Crippen LogP contribution in [0.15, 0.2) is 29.7 Å². The second kappa shape index (κ2) is 9.09. The van der Waals surface area contributed by atoms with E-state index >= 15 is 0 Å². The van der Waals surface area contributed by atoms with Crippen molar-refractivity contribution in [3.05, 3.63) is 35.7 Å². The van der Waals surface area contributed by atoms with Crippen LogP contribution in [-0.4, -0.2) is 47.0 Å². The molecule has 1 aromatic carbocycles. The first-order chi connectivity index (χ1) is 13.5. The summed E-state index contributed by atoms with van der Waals surface area (Å²) in [4.78, 5) is 12.6. The van der Waals surface area contributed by atoms with E-state index in [4.69, 9.17) is 0 Å². The first-order valence-electron chi connectivity index (χ1n) is 9.63. The van der Waals surface area contributed by atoms with Gasteiger partial charge < -0.3 is 4.57 Å². The molecule has 0 spiro atoms. The number of anilines is 1. The van der Waals surface area contributed by atoms with Gasteiger partial charge in [-0.1, -0.05) is 31.5 Å². The molecule has 0 unspecified atom stereocenters. The van der Waals surface area contributed by atoms with Gasteiger partial charge in [0.1, 0.15) is 6.33 Å². The molecule has 0 radical (unpaired) electrons. The number of ketones is 1. The van der Waals surface area contributed by atoms with Crippen molar-refractivity contribution < 1.29 is 13.2 Å². The summed E-state index contributed by atoms with van der Waals surface area (Å²) < 4.78 is 27.8. The smallest absolute Gasteiger partial charge is 0.234 e. The van der Waals surface area contributed by atoms with Gasteiger partial charge in [0.15, 0.2) is 10.9 Å². The monoisotopic (exact) mass is 422 g/mol. The number of carbonyl (C=O) groups is 1. The molecule has 0 bridgehead atoms. The quantitative estimate of drug-likeness (QED) is 0.332. The van der Waals surface area contributed by atoms with E-state index < -0.39 is 10.0 Å². The van der Waals surface area contributed by atoms with Crippen molar-refractivity contribution in [2.75, 3.05) is 22.4 Å². The number of aromatic nitrogens is 3. The molecule has 0 N–H and O–H groups in total. The van der Waals surface area contributed by atoms with Gasteiger partial charge in [-0.15, -0.1) is 10.2 Å². The maximum absolute atomic E-state index is 12.6. The molecule has 2 heterocycles. The number of thioether (sulfide) groups is 1. The highest BCUT2D eigenvalue weighted by Crippen LogP contribution is 2.31. The van der Waals surface area contributed by atoms with E-state index in [1.165, 1.54) is 16.1 Å². The molecule has 2 aromatic rings. The highest BCUT2D eigenvalue weighted by atomic mass is 32.2. The maximum atomic E-state index is 12.6. The maximum Gasteiger partial charge on any atom is 0.234 e. The average molecular weight is 423 g/mol. The van der Waals surface area contributed by atoms with Crippen molar-refractivity contribution >= 4 is 33.3 Å². The number of hydrogen-bond donors (Lipinski definition) is 0. The van der Waals surface area contributed by atoms with Gasteiger partial charge >= 0.3 is 0 Å². The van der Waals surface area contributed by atoms with Crippen LogP contribution in [0.5, 0.6) is 0 Å². The Morgan fingerprint density at radius 2 is 2.07 bits per heavy atom. The van der Waals surface area contributed by atoms with Gasteiger partial charge in [-0.25, -0.2) is 8.42 Å². The van der Waals surface area contributed by atoms with Crippen molar-refractivity contribution in [1.82, 2.24) is 14.8 Å². The Morgan fingerprint density at radius 3 is 2.82 bits per heavy atom. The van der Waals surface area contributed by atoms with Gasteiger partial charge in [0.05, 0.1) is 17.2 Å². The van der Waals surface area contributed by atoms with Crippen LogP contribution in [0.1, 0.15) is 49.0 Å². The zero-order chi connectivity index (χ0) is 20.1. The minimum absolute atomic E-state index is 0.00714. The third-order valence-corrected chi connectivity index (χ3v) is 7.63. The SMILES string of the molecule is CCCCCn1cnnc1SCC(=O)c1ccc2c(c1)CCN2S(=O)(=O)CC. The second-order valence-corrected chi connectivity index (χ2v) is 9.92. The lowest BCUT2D eigenvalue weighted by molar-refractivity contribution is 0.102. The Labute approximate surface area is 170 Å². The number of unbranched alkanes of at least 4 members (excludes halogenated alkanes) is 2. The van der Waals surface area contributed by atoms with Crippen LogP contribution < -0.4 is 4.31 Å². The Morgan fingerprint density at radius 1 is 1.25 bits per heavy atom. The first-order valence-corrected chi connectivity index (χ1v) is 12.2. The minimum atomic E-state index is -3.27. The molecule has 0 fully saturated rings. The fraction of sp³-hybridized carbons (Fsp3) is 0.526. The third-order valence-electron chi connectivity index (χ3n) is 4.87. The Balaban J connectivity index is 1.65. The summed E-state index contributed by atoms with van der Waals surface area (Å²) in [6.45, 7) is 5.11. The molecule has 3 rings (SSSR count). The van der Waals surface area contributed by atoms with Gasteiger partial charge in [0.2, 0.25) is 10.0 Å². The van der Waals surface area contributed by atoms with Gasteiger partial charge in [0, 0.05) is 18.7 Å². The zero-order valence-electron chi connectivity index (χ0n) is 16.3. The molecule has 0 amide bonds. The van der Waals surface area contributed by atoms with E-state index in [1.54, 1.807) is 25.4 Å². The normalized spacial score (nSPS) is 13.7. The van der Waals surface area contributed by atoms with Crippen molar-refractivity contribution in [3.63, 3.8) is 0 Å². The molecular formula is C19H26N4O3S2. The first kappa shape index (κ1) is 20.9. The Bertz CT molecular complexity index is 940. The molecule has 0 saturated carbocycles. The Hall–Kier alpha value is -1.87. The lowest BCUT2D eigenvalue weighted by atomic mass is 10.1. The molecule has 28 heavy (non-hydrogen) atoms. The largest absolute Gasteiger partial charge is 0.309 e. The van der Waals surface area contributed by atoms with Crippen molar-refractivity contribution in [1.29, 1.82) is 0 Å².